The van der Waals surface area contributed by atoms with Crippen LogP contribution in [0.1, 0.15) is 56.1 Å². The first kappa shape index (κ1) is 19.1. The molecule has 0 unspecified atom stereocenters. The SMILES string of the molecule is CC(C)(C)OC(=O)c1ccc(/C=N/SC(C)(C)C)s1.O. The molecule has 0 saturated carbocycles. The molecule has 0 aliphatic carbocycles. The van der Waals surface area contributed by atoms with Gasteiger partial charge in [-0.05, 0) is 65.6 Å². The van der Waals surface area contributed by atoms with E-state index in [4.69, 9.17) is 4.74 Å². The molecule has 1 aromatic rings. The van der Waals surface area contributed by atoms with E-state index in [1.54, 1.807) is 12.3 Å². The fourth-order valence-corrected chi connectivity index (χ4v) is 2.40. The lowest BCUT2D eigenvalue weighted by Gasteiger charge is -2.18. The largest absolute Gasteiger partial charge is 0.456 e. The topological polar surface area (TPSA) is 70.2 Å². The lowest BCUT2D eigenvalue weighted by Crippen LogP contribution is -2.23. The molecule has 1 aromatic heterocycles. The van der Waals surface area contributed by atoms with E-state index in [2.05, 4.69) is 25.2 Å². The molecule has 20 heavy (non-hydrogen) atoms. The van der Waals surface area contributed by atoms with E-state index >= 15 is 0 Å². The summed E-state index contributed by atoms with van der Waals surface area (Å²) in [6.45, 7) is 11.9. The first-order chi connectivity index (χ1) is 8.57. The Morgan fingerprint density at radius 3 is 2.35 bits per heavy atom. The van der Waals surface area contributed by atoms with Crippen molar-refractivity contribution in [3.63, 3.8) is 0 Å². The monoisotopic (exact) mass is 317 g/mol. The van der Waals surface area contributed by atoms with Gasteiger partial charge in [-0.1, -0.05) is 0 Å². The minimum Gasteiger partial charge on any atom is -0.456 e. The Bertz CT molecular complexity index is 467. The van der Waals surface area contributed by atoms with Gasteiger partial charge < -0.3 is 10.2 Å². The van der Waals surface area contributed by atoms with E-state index in [-0.39, 0.29) is 16.2 Å². The van der Waals surface area contributed by atoms with Gasteiger partial charge >= 0.3 is 5.97 Å². The first-order valence-electron chi connectivity index (χ1n) is 6.11. The van der Waals surface area contributed by atoms with Gasteiger partial charge in [0.25, 0.3) is 0 Å². The van der Waals surface area contributed by atoms with Gasteiger partial charge in [0.1, 0.15) is 10.5 Å². The Hall–Kier alpha value is -0.850. The molecule has 1 heterocycles. The van der Waals surface area contributed by atoms with Gasteiger partial charge in [0, 0.05) is 9.62 Å². The normalized spacial score (nSPS) is 12.3. The van der Waals surface area contributed by atoms with Gasteiger partial charge in [-0.2, -0.15) is 0 Å². The summed E-state index contributed by atoms with van der Waals surface area (Å²) in [7, 11) is 0. The van der Waals surface area contributed by atoms with Crippen molar-refractivity contribution in [3.05, 3.63) is 21.9 Å². The molecule has 0 radical (unpaired) electrons. The Morgan fingerprint density at radius 2 is 1.85 bits per heavy atom. The van der Waals surface area contributed by atoms with Crippen LogP contribution in [0.15, 0.2) is 16.5 Å². The van der Waals surface area contributed by atoms with Crippen molar-refractivity contribution in [2.45, 2.75) is 51.9 Å². The maximum atomic E-state index is 11.8. The van der Waals surface area contributed by atoms with Gasteiger partial charge in [0.15, 0.2) is 0 Å². The lowest BCUT2D eigenvalue weighted by molar-refractivity contribution is 0.00752. The predicted octanol–water partition coefficient (Wildman–Crippen LogP) is 3.74. The van der Waals surface area contributed by atoms with E-state index in [0.29, 0.717) is 4.88 Å². The molecule has 0 bridgehead atoms. The average molecular weight is 317 g/mol. The first-order valence-corrected chi connectivity index (χ1v) is 7.70. The molecule has 114 valence electrons. The number of hydrogen-bond acceptors (Lipinski definition) is 5. The smallest absolute Gasteiger partial charge is 0.348 e. The minimum absolute atomic E-state index is 0. The minimum atomic E-state index is -0.461. The Labute approximate surface area is 129 Å². The fourth-order valence-electron chi connectivity index (χ4n) is 1.10. The summed E-state index contributed by atoms with van der Waals surface area (Å²) in [4.78, 5) is 13.4. The number of hydrogen-bond donors (Lipinski definition) is 0. The zero-order chi connectivity index (χ0) is 14.7. The van der Waals surface area contributed by atoms with Gasteiger partial charge in [-0.25, -0.2) is 9.19 Å². The van der Waals surface area contributed by atoms with Crippen molar-refractivity contribution in [1.29, 1.82) is 0 Å². The number of thiophene rings is 1. The summed E-state index contributed by atoms with van der Waals surface area (Å²) >= 11 is 2.91. The summed E-state index contributed by atoms with van der Waals surface area (Å²) < 4.78 is 9.73. The molecule has 1 rings (SSSR count). The van der Waals surface area contributed by atoms with Crippen LogP contribution < -0.4 is 0 Å². The number of nitrogens with zero attached hydrogens (tertiary/aromatic N) is 1. The molecule has 0 saturated heterocycles. The highest BCUT2D eigenvalue weighted by Gasteiger charge is 2.19. The second-order valence-electron chi connectivity index (χ2n) is 6.14. The van der Waals surface area contributed by atoms with E-state index in [1.807, 2.05) is 26.8 Å². The third kappa shape index (κ3) is 7.67. The third-order valence-corrected chi connectivity index (χ3v) is 3.49. The highest BCUT2D eigenvalue weighted by molar-refractivity contribution is 7.99. The van der Waals surface area contributed by atoms with Crippen LogP contribution in [0.2, 0.25) is 0 Å². The quantitative estimate of drug-likeness (QED) is 0.484. The average Bonchev–Trinajstić information content (AvgIpc) is 2.61. The van der Waals surface area contributed by atoms with Gasteiger partial charge in [-0.3, -0.25) is 0 Å². The highest BCUT2D eigenvalue weighted by Crippen LogP contribution is 2.25. The summed E-state index contributed by atoms with van der Waals surface area (Å²) in [5.74, 6) is -0.277. The number of ether oxygens (including phenoxy) is 1. The second kappa shape index (κ2) is 7.24. The Kier molecular flexibility index (Phi) is 6.93. The zero-order valence-electron chi connectivity index (χ0n) is 12.8. The van der Waals surface area contributed by atoms with Crippen LogP contribution >= 0.6 is 23.3 Å². The molecule has 0 atom stereocenters. The van der Waals surface area contributed by atoms with Gasteiger partial charge in [0.05, 0.1) is 6.21 Å². The van der Waals surface area contributed by atoms with E-state index < -0.39 is 5.60 Å². The van der Waals surface area contributed by atoms with Crippen LogP contribution in [-0.4, -0.2) is 28.0 Å². The number of carbonyl (C=O) groups excluding carboxylic acids is 1. The van der Waals surface area contributed by atoms with E-state index in [1.165, 1.54) is 23.3 Å². The van der Waals surface area contributed by atoms with Crippen molar-refractivity contribution >= 4 is 35.5 Å². The molecule has 4 nitrogen and oxygen atoms in total. The molecular formula is C14H23NO3S2. The Balaban J connectivity index is 0.00000361. The maximum Gasteiger partial charge on any atom is 0.348 e. The standard InChI is InChI=1S/C14H21NO2S2.H2O/c1-13(2,3)17-12(16)11-8-7-10(18-11)9-15-19-14(4,5)6;/h7-9H,1-6H3;1H2/b15-9+;. The van der Waals surface area contributed by atoms with Crippen LogP contribution in [0.5, 0.6) is 0 Å². The third-order valence-electron chi connectivity index (χ3n) is 1.73. The van der Waals surface area contributed by atoms with Crippen LogP contribution in [-0.2, 0) is 4.74 Å². The number of rotatable bonds is 3. The molecule has 0 aliphatic heterocycles. The van der Waals surface area contributed by atoms with Gasteiger partial charge in [-0.15, -0.1) is 11.3 Å². The predicted molar refractivity (Wildman–Crippen MR) is 88.0 cm³/mol. The van der Waals surface area contributed by atoms with Crippen LogP contribution in [0.3, 0.4) is 0 Å². The maximum absolute atomic E-state index is 11.8. The second-order valence-corrected chi connectivity index (χ2v) is 8.88. The van der Waals surface area contributed by atoms with Gasteiger partial charge in [0.2, 0.25) is 0 Å². The van der Waals surface area contributed by atoms with E-state index in [9.17, 15) is 4.79 Å². The molecule has 0 aliphatic rings. The summed E-state index contributed by atoms with van der Waals surface area (Å²) in [5, 5.41) is 0. The van der Waals surface area contributed by atoms with E-state index in [0.717, 1.165) is 4.88 Å². The van der Waals surface area contributed by atoms with Crippen molar-refractivity contribution in [1.82, 2.24) is 0 Å². The summed E-state index contributed by atoms with van der Waals surface area (Å²) in [5.41, 5.74) is -0.461. The van der Waals surface area contributed by atoms with Crippen LogP contribution in [0.4, 0.5) is 0 Å². The summed E-state index contributed by atoms with van der Waals surface area (Å²) in [6, 6.07) is 3.67. The van der Waals surface area contributed by atoms with Crippen LogP contribution in [0, 0.1) is 0 Å². The summed E-state index contributed by atoms with van der Waals surface area (Å²) in [6.07, 6.45) is 1.79. The molecule has 2 N–H and O–H groups in total. The molecule has 0 spiro atoms. The van der Waals surface area contributed by atoms with Crippen molar-refractivity contribution in [3.8, 4) is 0 Å². The van der Waals surface area contributed by atoms with Crippen LogP contribution in [0.25, 0.3) is 0 Å². The van der Waals surface area contributed by atoms with Crippen molar-refractivity contribution < 1.29 is 15.0 Å². The highest BCUT2D eigenvalue weighted by atomic mass is 32.2. The fraction of sp³-hybridized carbons (Fsp3) is 0.571. The number of esters is 1. The molecule has 0 aromatic carbocycles. The molecular weight excluding hydrogens is 294 g/mol. The number of carbonyl (C=O) groups is 1. The van der Waals surface area contributed by atoms with Crippen molar-refractivity contribution in [2.24, 2.45) is 4.40 Å². The van der Waals surface area contributed by atoms with Crippen molar-refractivity contribution in [2.75, 3.05) is 0 Å². The lowest BCUT2D eigenvalue weighted by atomic mass is 10.2. The zero-order valence-corrected chi connectivity index (χ0v) is 14.4. The molecule has 0 fully saturated rings. The Morgan fingerprint density at radius 1 is 1.25 bits per heavy atom. The molecule has 0 amide bonds. The molecule has 6 heteroatoms.